The molecule has 28 heavy (non-hydrogen) atoms. The molecular formula is C20H13FN2O4S. The van der Waals surface area contributed by atoms with Crippen molar-refractivity contribution < 1.29 is 23.6 Å². The second kappa shape index (κ2) is 7.05. The highest BCUT2D eigenvalue weighted by Gasteiger charge is 2.50. The molecule has 0 spiro atoms. The second-order valence-electron chi connectivity index (χ2n) is 6.23. The first kappa shape index (κ1) is 18.1. The molecule has 2 saturated heterocycles. The highest BCUT2D eigenvalue weighted by Crippen LogP contribution is 2.37. The third-order valence-corrected chi connectivity index (χ3v) is 5.32. The van der Waals surface area contributed by atoms with E-state index in [9.17, 15) is 23.6 Å². The lowest BCUT2D eigenvalue weighted by Crippen LogP contribution is -2.44. The molecular weight excluding hydrogens is 383 g/mol. The van der Waals surface area contributed by atoms with Crippen LogP contribution in [0.2, 0.25) is 0 Å². The summed E-state index contributed by atoms with van der Waals surface area (Å²) in [5.74, 6) is -2.13. The van der Waals surface area contributed by atoms with Crippen LogP contribution in [0.4, 0.5) is 14.9 Å². The molecule has 140 valence electrons. The Hall–Kier alpha value is -3.26. The first-order valence-corrected chi connectivity index (χ1v) is 9.22. The van der Waals surface area contributed by atoms with Crippen molar-refractivity contribution >= 4 is 46.5 Å². The van der Waals surface area contributed by atoms with E-state index in [4.69, 9.17) is 0 Å². The quantitative estimate of drug-likeness (QED) is 0.588. The second-order valence-corrected chi connectivity index (χ2v) is 7.22. The fourth-order valence-corrected chi connectivity index (χ4v) is 4.00. The number of carbonyl (C=O) groups is 4. The average Bonchev–Trinajstić information content (AvgIpc) is 3.12. The van der Waals surface area contributed by atoms with Crippen molar-refractivity contribution in [3.8, 4) is 0 Å². The molecule has 8 heteroatoms. The van der Waals surface area contributed by atoms with Crippen molar-refractivity contribution in [3.05, 3.63) is 70.9 Å². The first-order valence-electron chi connectivity index (χ1n) is 8.40. The molecule has 0 saturated carbocycles. The van der Waals surface area contributed by atoms with Gasteiger partial charge in [0.1, 0.15) is 11.9 Å². The van der Waals surface area contributed by atoms with Gasteiger partial charge in [0.25, 0.3) is 17.1 Å². The van der Waals surface area contributed by atoms with E-state index in [1.165, 1.54) is 30.3 Å². The van der Waals surface area contributed by atoms with Crippen LogP contribution in [0, 0.1) is 5.82 Å². The Labute approximate surface area is 163 Å². The van der Waals surface area contributed by atoms with Gasteiger partial charge < -0.3 is 0 Å². The Bertz CT molecular complexity index is 1020. The van der Waals surface area contributed by atoms with E-state index >= 15 is 0 Å². The monoisotopic (exact) mass is 396 g/mol. The number of rotatable bonds is 3. The zero-order valence-corrected chi connectivity index (χ0v) is 15.2. The molecule has 6 nitrogen and oxygen atoms in total. The predicted octanol–water partition coefficient (Wildman–Crippen LogP) is 3.19. The van der Waals surface area contributed by atoms with Crippen molar-refractivity contribution in [2.24, 2.45) is 0 Å². The highest BCUT2D eigenvalue weighted by atomic mass is 32.2. The van der Waals surface area contributed by atoms with Crippen LogP contribution < -0.4 is 4.90 Å². The number of thioether (sulfide) groups is 1. The van der Waals surface area contributed by atoms with Crippen molar-refractivity contribution in [2.45, 2.75) is 12.5 Å². The zero-order valence-electron chi connectivity index (χ0n) is 14.4. The van der Waals surface area contributed by atoms with E-state index in [-0.39, 0.29) is 11.3 Å². The van der Waals surface area contributed by atoms with Gasteiger partial charge in [0.15, 0.2) is 0 Å². The summed E-state index contributed by atoms with van der Waals surface area (Å²) in [5.41, 5.74) is 0.945. The number of benzene rings is 2. The number of hydrogen-bond donors (Lipinski definition) is 0. The van der Waals surface area contributed by atoms with Crippen molar-refractivity contribution in [2.75, 3.05) is 4.90 Å². The lowest BCUT2D eigenvalue weighted by Gasteiger charge is -2.19. The molecule has 1 unspecified atom stereocenters. The molecule has 2 aromatic rings. The fraction of sp³-hybridized carbons (Fsp3) is 0.100. The Balaban J connectivity index is 1.60. The summed E-state index contributed by atoms with van der Waals surface area (Å²) in [6.07, 6.45) is 1.20. The summed E-state index contributed by atoms with van der Waals surface area (Å²) in [4.78, 5) is 52.2. The van der Waals surface area contributed by atoms with E-state index in [2.05, 4.69) is 0 Å². The van der Waals surface area contributed by atoms with Gasteiger partial charge in [-0.2, -0.15) is 0 Å². The third-order valence-electron chi connectivity index (χ3n) is 4.44. The van der Waals surface area contributed by atoms with Gasteiger partial charge in [0, 0.05) is 0 Å². The van der Waals surface area contributed by atoms with Crippen molar-refractivity contribution in [3.63, 3.8) is 0 Å². The highest BCUT2D eigenvalue weighted by molar-refractivity contribution is 8.18. The Morgan fingerprint density at radius 1 is 0.964 bits per heavy atom. The van der Waals surface area contributed by atoms with Gasteiger partial charge in [-0.15, -0.1) is 0 Å². The molecule has 2 aliphatic heterocycles. The minimum atomic E-state index is -1.17. The van der Waals surface area contributed by atoms with Gasteiger partial charge in [0.2, 0.25) is 5.91 Å². The number of nitrogens with zero attached hydrogens (tertiary/aromatic N) is 2. The molecule has 2 aromatic carbocycles. The van der Waals surface area contributed by atoms with Gasteiger partial charge in [-0.05, 0) is 47.7 Å². The van der Waals surface area contributed by atoms with E-state index in [1.54, 1.807) is 30.3 Å². The molecule has 0 radical (unpaired) electrons. The van der Waals surface area contributed by atoms with Crippen LogP contribution in [0.1, 0.15) is 12.0 Å². The minimum Gasteiger partial charge on any atom is -0.274 e. The summed E-state index contributed by atoms with van der Waals surface area (Å²) in [5, 5.41) is -0.612. The molecule has 0 bridgehead atoms. The number of amides is 4. The average molecular weight is 396 g/mol. The summed E-state index contributed by atoms with van der Waals surface area (Å²) in [7, 11) is 0. The third kappa shape index (κ3) is 3.11. The van der Waals surface area contributed by atoms with Crippen LogP contribution in [-0.2, 0) is 14.4 Å². The SMILES string of the molecule is O=C1CC(N2C(=O)SC(=Cc3ccc(F)cc3)C2=O)C(=O)N1c1ccccc1. The van der Waals surface area contributed by atoms with Crippen LogP contribution in [-0.4, -0.2) is 33.9 Å². The number of hydrogen-bond acceptors (Lipinski definition) is 5. The minimum absolute atomic E-state index is 0.120. The Kier molecular flexibility index (Phi) is 4.56. The summed E-state index contributed by atoms with van der Waals surface area (Å²) in [6.45, 7) is 0. The molecule has 0 aromatic heterocycles. The van der Waals surface area contributed by atoms with Crippen LogP contribution in [0.15, 0.2) is 59.5 Å². The smallest absolute Gasteiger partial charge is 0.274 e. The Morgan fingerprint density at radius 3 is 2.32 bits per heavy atom. The molecule has 1 atom stereocenters. The van der Waals surface area contributed by atoms with Crippen molar-refractivity contribution in [1.29, 1.82) is 0 Å². The Morgan fingerprint density at radius 2 is 1.64 bits per heavy atom. The molecule has 4 amide bonds. The zero-order chi connectivity index (χ0) is 19.8. The number of halogens is 1. The maximum atomic E-state index is 13.0. The van der Waals surface area contributed by atoms with E-state index in [0.717, 1.165) is 9.80 Å². The standard InChI is InChI=1S/C20H13FN2O4S/c21-13-8-6-12(7-9-13)10-16-19(26)23(20(27)28-16)15-11-17(24)22(18(15)25)14-4-2-1-3-5-14/h1-10,15H,11H2. The van der Waals surface area contributed by atoms with Gasteiger partial charge in [-0.25, -0.2) is 9.29 Å². The predicted molar refractivity (Wildman–Crippen MR) is 102 cm³/mol. The number of anilines is 1. The molecule has 2 heterocycles. The van der Waals surface area contributed by atoms with Crippen LogP contribution in [0.5, 0.6) is 0 Å². The van der Waals surface area contributed by atoms with Gasteiger partial charge >= 0.3 is 0 Å². The van der Waals surface area contributed by atoms with Gasteiger partial charge in [-0.1, -0.05) is 30.3 Å². The molecule has 4 rings (SSSR count). The molecule has 2 fully saturated rings. The summed E-state index contributed by atoms with van der Waals surface area (Å²) in [6, 6.07) is 12.6. The van der Waals surface area contributed by atoms with Gasteiger partial charge in [-0.3, -0.25) is 24.1 Å². The molecule has 2 aliphatic rings. The van der Waals surface area contributed by atoms with Crippen LogP contribution in [0.3, 0.4) is 0 Å². The fourth-order valence-electron chi connectivity index (χ4n) is 3.12. The van der Waals surface area contributed by atoms with Crippen molar-refractivity contribution in [1.82, 2.24) is 4.90 Å². The normalized spacial score (nSPS) is 21.3. The van der Waals surface area contributed by atoms with E-state index < -0.39 is 34.8 Å². The maximum absolute atomic E-state index is 13.0. The summed E-state index contributed by atoms with van der Waals surface area (Å²) < 4.78 is 13.0. The largest absolute Gasteiger partial charge is 0.294 e. The number of para-hydroxylation sites is 1. The first-order chi connectivity index (χ1) is 13.5. The lowest BCUT2D eigenvalue weighted by atomic mass is 10.2. The van der Waals surface area contributed by atoms with Crippen LogP contribution >= 0.6 is 11.8 Å². The van der Waals surface area contributed by atoms with E-state index in [0.29, 0.717) is 23.0 Å². The summed E-state index contributed by atoms with van der Waals surface area (Å²) >= 11 is 0.691. The van der Waals surface area contributed by atoms with Gasteiger partial charge in [0.05, 0.1) is 17.0 Å². The lowest BCUT2D eigenvalue weighted by molar-refractivity contribution is -0.130. The number of imide groups is 2. The van der Waals surface area contributed by atoms with Crippen LogP contribution in [0.25, 0.3) is 6.08 Å². The topological polar surface area (TPSA) is 74.8 Å². The number of carbonyl (C=O) groups excluding carboxylic acids is 4. The molecule has 0 N–H and O–H groups in total. The maximum Gasteiger partial charge on any atom is 0.294 e. The molecule has 0 aliphatic carbocycles. The van der Waals surface area contributed by atoms with E-state index in [1.807, 2.05) is 0 Å².